The highest BCUT2D eigenvalue weighted by Crippen LogP contribution is 2.19. The zero-order valence-electron chi connectivity index (χ0n) is 10.9. The third-order valence-corrected chi connectivity index (χ3v) is 4.65. The van der Waals surface area contributed by atoms with Crippen molar-refractivity contribution in [2.45, 2.75) is 12.2 Å². The summed E-state index contributed by atoms with van der Waals surface area (Å²) in [5, 5.41) is 15.6. The van der Waals surface area contributed by atoms with Gasteiger partial charge in [-0.1, -0.05) is 18.2 Å². The second-order valence-corrected chi connectivity index (χ2v) is 7.80. The van der Waals surface area contributed by atoms with Gasteiger partial charge in [0.2, 0.25) is 20.0 Å². The number of nitrogens with zero attached hydrogens (tertiary/aromatic N) is 1. The molecule has 0 saturated carbocycles. The second-order valence-electron chi connectivity index (χ2n) is 4.26. The number of primary sulfonamides is 1. The van der Waals surface area contributed by atoms with Gasteiger partial charge in [0.25, 0.3) is 5.69 Å². The lowest BCUT2D eigenvalue weighted by atomic mass is 10.2. The maximum absolute atomic E-state index is 11.8. The topological polar surface area (TPSA) is 149 Å². The van der Waals surface area contributed by atoms with E-state index in [-0.39, 0.29) is 30.0 Å². The molecule has 0 atom stereocenters. The average molecular weight is 337 g/mol. The van der Waals surface area contributed by atoms with E-state index in [4.69, 9.17) is 5.14 Å². The lowest BCUT2D eigenvalue weighted by Gasteiger charge is -2.07. The van der Waals surface area contributed by atoms with Crippen LogP contribution in [0, 0.1) is 10.1 Å². The molecule has 0 fully saturated rings. The Morgan fingerprint density at radius 3 is 2.38 bits per heavy atom. The monoisotopic (exact) mass is 337 g/mol. The Bertz CT molecular complexity index is 714. The van der Waals surface area contributed by atoms with Crippen LogP contribution in [0.2, 0.25) is 0 Å². The Balaban J connectivity index is 2.67. The van der Waals surface area contributed by atoms with E-state index in [2.05, 4.69) is 4.72 Å². The van der Waals surface area contributed by atoms with Crippen molar-refractivity contribution in [1.29, 1.82) is 0 Å². The van der Waals surface area contributed by atoms with Crippen molar-refractivity contribution in [1.82, 2.24) is 4.72 Å². The number of nitrogens with two attached hydrogens (primary N) is 1. The van der Waals surface area contributed by atoms with Gasteiger partial charge >= 0.3 is 0 Å². The van der Waals surface area contributed by atoms with Crippen molar-refractivity contribution in [2.75, 3.05) is 12.3 Å². The van der Waals surface area contributed by atoms with E-state index in [1.54, 1.807) is 0 Å². The molecule has 0 aliphatic heterocycles. The number of hydrogen-bond acceptors (Lipinski definition) is 6. The molecule has 1 rings (SSSR count). The van der Waals surface area contributed by atoms with Gasteiger partial charge in [-0.3, -0.25) is 10.1 Å². The summed E-state index contributed by atoms with van der Waals surface area (Å²) in [7, 11) is -7.44. The first-order valence-corrected chi connectivity index (χ1v) is 9.17. The van der Waals surface area contributed by atoms with Gasteiger partial charge in [0.15, 0.2) is 0 Å². The van der Waals surface area contributed by atoms with E-state index in [1.807, 2.05) is 0 Å². The van der Waals surface area contributed by atoms with E-state index in [0.29, 0.717) is 0 Å². The molecule has 0 aromatic heterocycles. The largest absolute Gasteiger partial charge is 0.273 e. The second kappa shape index (κ2) is 6.93. The minimum absolute atomic E-state index is 0.0228. The number of para-hydroxylation sites is 1. The fraction of sp³-hybridized carbons (Fsp3) is 0.400. The van der Waals surface area contributed by atoms with E-state index in [1.165, 1.54) is 24.3 Å². The van der Waals surface area contributed by atoms with Crippen molar-refractivity contribution in [2.24, 2.45) is 5.14 Å². The molecule has 11 heteroatoms. The zero-order valence-corrected chi connectivity index (χ0v) is 12.6. The molecule has 9 nitrogen and oxygen atoms in total. The van der Waals surface area contributed by atoms with Gasteiger partial charge in [-0.2, -0.15) is 0 Å². The van der Waals surface area contributed by atoms with Crippen molar-refractivity contribution in [3.63, 3.8) is 0 Å². The first kappa shape index (κ1) is 17.5. The molecule has 0 bridgehead atoms. The van der Waals surface area contributed by atoms with E-state index in [9.17, 15) is 26.9 Å². The molecule has 1 aromatic rings. The van der Waals surface area contributed by atoms with Crippen LogP contribution in [-0.2, 0) is 25.8 Å². The molecule has 0 radical (unpaired) electrons. The first-order valence-electron chi connectivity index (χ1n) is 5.81. The summed E-state index contributed by atoms with van der Waals surface area (Å²) in [6.45, 7) is -0.112. The van der Waals surface area contributed by atoms with Crippen LogP contribution in [0.5, 0.6) is 0 Å². The highest BCUT2D eigenvalue weighted by Gasteiger charge is 2.19. The number of nitro groups is 1. The Morgan fingerprint density at radius 2 is 1.81 bits per heavy atom. The molecular formula is C10H15N3O6S2. The molecule has 0 heterocycles. The summed E-state index contributed by atoms with van der Waals surface area (Å²) >= 11 is 0. The summed E-state index contributed by atoms with van der Waals surface area (Å²) in [5.74, 6) is -0.902. The third-order valence-electron chi connectivity index (χ3n) is 2.46. The number of rotatable bonds is 8. The minimum atomic E-state index is -3.80. The van der Waals surface area contributed by atoms with E-state index >= 15 is 0 Å². The Kier molecular flexibility index (Phi) is 5.78. The van der Waals surface area contributed by atoms with Crippen molar-refractivity contribution < 1.29 is 21.8 Å². The number of hydrogen-bond donors (Lipinski definition) is 2. The number of sulfonamides is 2. The molecule has 0 unspecified atom stereocenters. The van der Waals surface area contributed by atoms with Crippen LogP contribution < -0.4 is 9.86 Å². The molecule has 3 N–H and O–H groups in total. The van der Waals surface area contributed by atoms with Gasteiger partial charge in [0, 0.05) is 18.2 Å². The predicted octanol–water partition coefficient (Wildman–Crippen LogP) is -0.307. The van der Waals surface area contributed by atoms with Gasteiger partial charge in [0.1, 0.15) is 0 Å². The molecular weight excluding hydrogens is 322 g/mol. The maximum atomic E-state index is 11.8. The van der Waals surface area contributed by atoms with E-state index in [0.717, 1.165) is 0 Å². The first-order chi connectivity index (χ1) is 9.61. The Labute approximate surface area is 122 Å². The molecule has 0 spiro atoms. The summed E-state index contributed by atoms with van der Waals surface area (Å²) in [4.78, 5) is 10.1. The number of benzene rings is 1. The lowest BCUT2D eigenvalue weighted by Crippen LogP contribution is -2.28. The van der Waals surface area contributed by atoms with Gasteiger partial charge in [-0.05, 0) is 6.42 Å². The molecule has 0 amide bonds. The predicted molar refractivity (Wildman–Crippen MR) is 76.3 cm³/mol. The molecule has 0 aliphatic rings. The highest BCUT2D eigenvalue weighted by atomic mass is 32.2. The molecule has 0 aliphatic carbocycles. The normalized spacial score (nSPS) is 12.2. The van der Waals surface area contributed by atoms with Crippen LogP contribution in [-0.4, -0.2) is 34.1 Å². The third kappa shape index (κ3) is 6.62. The maximum Gasteiger partial charge on any atom is 0.273 e. The van der Waals surface area contributed by atoms with Gasteiger partial charge in [0.05, 0.1) is 16.4 Å². The highest BCUT2D eigenvalue weighted by molar-refractivity contribution is 7.89. The summed E-state index contributed by atoms with van der Waals surface area (Å²) in [5.41, 5.74) is -0.228. The van der Waals surface area contributed by atoms with Gasteiger partial charge in [-0.15, -0.1) is 0 Å². The summed E-state index contributed by atoms with van der Waals surface area (Å²) in [6.07, 6.45) is 0.0228. The molecule has 118 valence electrons. The smallest absolute Gasteiger partial charge is 0.258 e. The van der Waals surface area contributed by atoms with Gasteiger partial charge < -0.3 is 0 Å². The van der Waals surface area contributed by atoms with Crippen LogP contribution in [0.4, 0.5) is 5.69 Å². The lowest BCUT2D eigenvalue weighted by molar-refractivity contribution is -0.385. The Hall–Kier alpha value is -1.56. The number of nitro benzene ring substituents is 1. The minimum Gasteiger partial charge on any atom is -0.258 e. The van der Waals surface area contributed by atoms with Crippen LogP contribution >= 0.6 is 0 Å². The van der Waals surface area contributed by atoms with E-state index < -0.39 is 30.7 Å². The van der Waals surface area contributed by atoms with Crippen LogP contribution in [0.25, 0.3) is 0 Å². The molecule has 21 heavy (non-hydrogen) atoms. The standard InChI is InChI=1S/C10H15N3O6S2/c11-20(16,17)7-3-6-12-21(18,19)8-9-4-1-2-5-10(9)13(14)15/h1-2,4-5,12H,3,6-8H2,(H2,11,16,17). The van der Waals surface area contributed by atoms with Gasteiger partial charge in [-0.25, -0.2) is 26.7 Å². The van der Waals surface area contributed by atoms with Crippen LogP contribution in [0.3, 0.4) is 0 Å². The van der Waals surface area contributed by atoms with Crippen LogP contribution in [0.1, 0.15) is 12.0 Å². The zero-order chi connectivity index (χ0) is 16.1. The molecule has 0 saturated heterocycles. The van der Waals surface area contributed by atoms with Crippen molar-refractivity contribution in [3.8, 4) is 0 Å². The van der Waals surface area contributed by atoms with Crippen molar-refractivity contribution in [3.05, 3.63) is 39.9 Å². The summed E-state index contributed by atoms with van der Waals surface area (Å²) in [6, 6.07) is 5.50. The van der Waals surface area contributed by atoms with Crippen LogP contribution in [0.15, 0.2) is 24.3 Å². The Morgan fingerprint density at radius 1 is 1.19 bits per heavy atom. The summed E-state index contributed by atoms with van der Waals surface area (Å²) < 4.78 is 47.1. The van der Waals surface area contributed by atoms with Crippen molar-refractivity contribution >= 4 is 25.7 Å². The SMILES string of the molecule is NS(=O)(=O)CCCNS(=O)(=O)Cc1ccccc1[N+](=O)[O-]. The average Bonchev–Trinajstić information content (AvgIpc) is 2.33. The molecule has 1 aromatic carbocycles. The quantitative estimate of drug-likeness (QED) is 0.377. The fourth-order valence-electron chi connectivity index (χ4n) is 1.57. The number of nitrogens with one attached hydrogen (secondary N) is 1. The fourth-order valence-corrected chi connectivity index (χ4v) is 3.33.